The maximum atomic E-state index is 16.2. The average molecular weight is 1220 g/mol. The molecule has 0 spiro atoms. The van der Waals surface area contributed by atoms with Crippen LogP contribution in [0.5, 0.6) is 0 Å². The van der Waals surface area contributed by atoms with Crippen LogP contribution in [0.3, 0.4) is 0 Å². The standard InChI is InChI=1S/C72H42N2O12S3/c75-59-47-29-43-25-13-14-26-44(43)30-48(47)60(76)57(59)73-53-33-51-63(87-53)65-55(71(51,67(79)83-35-39-17-5-1-6-18-39)68(80)84-36-40-19-7-2-8-20-40)56-66(89-65)64-52(34-54(88-64)74-58-61(77)49-31-45-27-15-16-28-46(45)32-50(49)62(58)78)72(56,69(81)85-37-41-21-9-3-10-22-41)70(82)86-38-42-23-11-4-12-24-42/h1-34H,35-38H2. The molecule has 0 saturated heterocycles. The van der Waals surface area contributed by atoms with E-state index >= 15 is 19.2 Å². The minimum atomic E-state index is -2.70. The number of ether oxygens (including phenoxy) is 4. The van der Waals surface area contributed by atoms with Crippen molar-refractivity contribution < 1.29 is 38.1 Å². The van der Waals surface area contributed by atoms with Gasteiger partial charge in [-0.1, -0.05) is 170 Å². The molecule has 14 nitrogen and oxygen atoms in total. The molecular weight excluding hydrogens is 1180 g/mol. The van der Waals surface area contributed by atoms with E-state index in [4.69, 9.17) is 28.9 Å². The summed E-state index contributed by atoms with van der Waals surface area (Å²) in [5.74, 6) is -4.61. The third-order valence-corrected chi connectivity index (χ3v) is 20.0. The highest BCUT2D eigenvalue weighted by molar-refractivity contribution is 7.29. The van der Waals surface area contributed by atoms with Gasteiger partial charge < -0.3 is 18.9 Å². The minimum absolute atomic E-state index is 0.0137. The molecule has 13 aromatic rings. The molecule has 89 heavy (non-hydrogen) atoms. The van der Waals surface area contributed by atoms with Gasteiger partial charge in [-0.2, -0.15) is 0 Å². The third-order valence-electron chi connectivity index (χ3n) is 16.4. The highest BCUT2D eigenvalue weighted by Crippen LogP contribution is 2.68. The molecule has 15 rings (SSSR count). The SMILES string of the molecule is O=C(OCc1ccccc1)C1(C(=O)OCc2ccccc2)c2cc(N=c3c(=O)c4cc5ccccc5cc4c3=O)sc2-c2sc3c(c21)C(C(=O)OCc1ccccc1)(C(=O)OCc1ccccc1)c1cc(N=c2c(=O)c4cc5ccccc5cc4c2=O)sc1-3. The van der Waals surface area contributed by atoms with Crippen LogP contribution in [0.15, 0.2) is 235 Å². The number of hydrogen-bond donors (Lipinski definition) is 0. The van der Waals surface area contributed by atoms with Crippen LogP contribution >= 0.6 is 34.0 Å². The molecule has 2 aliphatic carbocycles. The smallest absolute Gasteiger partial charge is 0.333 e. The fourth-order valence-electron chi connectivity index (χ4n) is 12.2. The van der Waals surface area contributed by atoms with Crippen LogP contribution in [-0.4, -0.2) is 23.9 Å². The monoisotopic (exact) mass is 1220 g/mol. The second-order valence-electron chi connectivity index (χ2n) is 21.6. The Bertz CT molecular complexity index is 4880. The van der Waals surface area contributed by atoms with Gasteiger partial charge in [0, 0.05) is 43.8 Å². The fraction of sp³-hybridized carbons (Fsp3) is 0.0833. The number of esters is 4. The molecule has 0 unspecified atom stereocenters. The van der Waals surface area contributed by atoms with Crippen LogP contribution in [0.1, 0.15) is 44.5 Å². The van der Waals surface area contributed by atoms with Crippen molar-refractivity contribution in [3.63, 3.8) is 0 Å². The van der Waals surface area contributed by atoms with Gasteiger partial charge in [-0.15, -0.1) is 34.0 Å². The van der Waals surface area contributed by atoms with E-state index in [0.717, 1.165) is 55.6 Å². The normalized spacial score (nSPS) is 13.2. The average Bonchev–Trinajstić information content (AvgIpc) is 1.49. The van der Waals surface area contributed by atoms with Gasteiger partial charge in [0.15, 0.2) is 10.7 Å². The topological polar surface area (TPSA) is 198 Å². The van der Waals surface area contributed by atoms with Crippen molar-refractivity contribution >= 4 is 111 Å². The van der Waals surface area contributed by atoms with Gasteiger partial charge in [-0.25, -0.2) is 9.98 Å². The van der Waals surface area contributed by atoms with E-state index in [1.165, 1.54) is 12.1 Å². The number of carbonyl (C=O) groups excluding carboxylic acids is 4. The van der Waals surface area contributed by atoms with E-state index in [1.807, 2.05) is 48.5 Å². The predicted octanol–water partition coefficient (Wildman–Crippen LogP) is 11.6. The lowest BCUT2D eigenvalue weighted by Crippen LogP contribution is -2.50. The van der Waals surface area contributed by atoms with Crippen molar-refractivity contribution in [3.05, 3.63) is 302 Å². The first-order valence-corrected chi connectivity index (χ1v) is 30.6. The lowest BCUT2D eigenvalue weighted by atomic mass is 9.70. The Morgan fingerprint density at radius 3 is 0.854 bits per heavy atom. The van der Waals surface area contributed by atoms with E-state index in [-0.39, 0.29) is 110 Å². The molecule has 0 fully saturated rings. The molecule has 10 aromatic carbocycles. The Hall–Kier alpha value is -10.7. The third kappa shape index (κ3) is 8.78. The number of carbonyl (C=O) groups is 4. The molecule has 3 aromatic heterocycles. The molecule has 0 N–H and O–H groups in total. The first-order chi connectivity index (χ1) is 43.4. The van der Waals surface area contributed by atoms with Gasteiger partial charge in [0.25, 0.3) is 0 Å². The Morgan fingerprint density at radius 1 is 0.326 bits per heavy atom. The summed E-state index contributed by atoms with van der Waals surface area (Å²) < 4.78 is 25.3. The summed E-state index contributed by atoms with van der Waals surface area (Å²) in [7, 11) is 0. The lowest BCUT2D eigenvalue weighted by Gasteiger charge is -2.32. The molecule has 430 valence electrons. The number of hydrogen-bond acceptors (Lipinski definition) is 17. The zero-order valence-corrected chi connectivity index (χ0v) is 48.9. The van der Waals surface area contributed by atoms with Gasteiger partial charge in [-0.05, 0) is 80.2 Å². The summed E-state index contributed by atoms with van der Waals surface area (Å²) in [5.41, 5.74) is -5.93. The van der Waals surface area contributed by atoms with Crippen LogP contribution in [0.2, 0.25) is 0 Å². The number of nitrogens with zero attached hydrogens (tertiary/aromatic N) is 2. The summed E-state index contributed by atoms with van der Waals surface area (Å²) in [6.07, 6.45) is 0. The molecule has 2 aliphatic rings. The fourth-order valence-corrected chi connectivity index (χ4v) is 16.1. The van der Waals surface area contributed by atoms with Gasteiger partial charge >= 0.3 is 23.9 Å². The molecule has 0 saturated carbocycles. The minimum Gasteiger partial charge on any atom is -0.459 e. The van der Waals surface area contributed by atoms with E-state index in [9.17, 15) is 19.2 Å². The molecular formula is C72H42N2O12S3. The highest BCUT2D eigenvalue weighted by atomic mass is 32.1. The van der Waals surface area contributed by atoms with Crippen LogP contribution in [0.25, 0.3) is 62.6 Å². The lowest BCUT2D eigenvalue weighted by molar-refractivity contribution is -0.167. The van der Waals surface area contributed by atoms with Crippen LogP contribution < -0.4 is 32.4 Å². The molecule has 0 aliphatic heterocycles. The van der Waals surface area contributed by atoms with Crippen molar-refractivity contribution in [1.29, 1.82) is 0 Å². The van der Waals surface area contributed by atoms with Crippen molar-refractivity contribution in [2.75, 3.05) is 0 Å². The summed E-state index contributed by atoms with van der Waals surface area (Å²) in [6, 6.07) is 59.3. The second kappa shape index (κ2) is 21.6. The molecule has 3 heterocycles. The van der Waals surface area contributed by atoms with E-state index in [1.54, 1.807) is 146 Å². The molecule has 0 amide bonds. The maximum Gasteiger partial charge on any atom is 0.333 e. The van der Waals surface area contributed by atoms with Gasteiger partial charge in [0.05, 0.1) is 19.5 Å². The van der Waals surface area contributed by atoms with Crippen LogP contribution in [0, 0.1) is 0 Å². The Labute approximate surface area is 515 Å². The molecule has 17 heteroatoms. The number of rotatable bonds is 14. The zero-order valence-electron chi connectivity index (χ0n) is 46.5. The van der Waals surface area contributed by atoms with Crippen molar-refractivity contribution in [3.8, 4) is 19.5 Å². The Morgan fingerprint density at radius 2 is 0.584 bits per heavy atom. The summed E-state index contributed by atoms with van der Waals surface area (Å²) in [5, 5.41) is 2.99. The summed E-state index contributed by atoms with van der Waals surface area (Å²) >= 11 is 2.99. The Kier molecular flexibility index (Phi) is 13.3. The van der Waals surface area contributed by atoms with Crippen molar-refractivity contribution in [2.45, 2.75) is 37.3 Å². The molecule has 0 radical (unpaired) electrons. The molecule has 0 bridgehead atoms. The van der Waals surface area contributed by atoms with E-state index in [2.05, 4.69) is 0 Å². The van der Waals surface area contributed by atoms with Crippen LogP contribution in [0.4, 0.5) is 10.0 Å². The summed E-state index contributed by atoms with van der Waals surface area (Å²) in [4.78, 5) is 133. The quantitative estimate of drug-likeness (QED) is 0.0568. The van der Waals surface area contributed by atoms with E-state index < -0.39 is 56.4 Å². The number of fused-ring (bicyclic) bond motifs is 11. The van der Waals surface area contributed by atoms with Gasteiger partial charge in [0.1, 0.15) is 36.4 Å². The zero-order chi connectivity index (χ0) is 60.7. The predicted molar refractivity (Wildman–Crippen MR) is 341 cm³/mol. The maximum absolute atomic E-state index is 16.2. The van der Waals surface area contributed by atoms with Gasteiger partial charge in [0.2, 0.25) is 32.5 Å². The van der Waals surface area contributed by atoms with E-state index in [0.29, 0.717) is 22.3 Å². The second-order valence-corrected chi connectivity index (χ2v) is 24.7. The van der Waals surface area contributed by atoms with Crippen molar-refractivity contribution in [2.24, 2.45) is 9.98 Å². The van der Waals surface area contributed by atoms with Crippen molar-refractivity contribution in [1.82, 2.24) is 0 Å². The summed E-state index contributed by atoms with van der Waals surface area (Å²) in [6.45, 7) is -1.40. The first kappa shape index (κ1) is 54.9. The first-order valence-electron chi connectivity index (χ1n) is 28.1. The van der Waals surface area contributed by atoms with Gasteiger partial charge in [-0.3, -0.25) is 38.4 Å². The number of thiophene rings is 3. The Balaban J connectivity index is 1.01. The van der Waals surface area contributed by atoms with Crippen LogP contribution in [-0.2, 0) is 75.4 Å². The number of benzene rings is 8. The highest BCUT2D eigenvalue weighted by Gasteiger charge is 2.69. The largest absolute Gasteiger partial charge is 0.459 e. The molecule has 0 atom stereocenters.